The summed E-state index contributed by atoms with van der Waals surface area (Å²) in [6, 6.07) is 13.6. The zero-order valence-corrected chi connectivity index (χ0v) is 13.8. The van der Waals surface area contributed by atoms with E-state index in [2.05, 4.69) is 15.3 Å². The molecule has 1 N–H and O–H groups in total. The summed E-state index contributed by atoms with van der Waals surface area (Å²) >= 11 is 1.42. The molecule has 23 heavy (non-hydrogen) atoms. The Morgan fingerprint density at radius 1 is 1.17 bits per heavy atom. The molecule has 4 nitrogen and oxygen atoms in total. The molecule has 0 fully saturated rings. The Morgan fingerprint density at radius 3 is 2.65 bits per heavy atom. The molecule has 0 aliphatic heterocycles. The molecule has 0 saturated carbocycles. The van der Waals surface area contributed by atoms with E-state index in [1.807, 2.05) is 56.3 Å². The number of carbonyl (C=O) groups is 1. The summed E-state index contributed by atoms with van der Waals surface area (Å²) in [6.45, 7) is 3.82. The van der Waals surface area contributed by atoms with Crippen molar-refractivity contribution in [1.82, 2.24) is 15.3 Å². The molecule has 1 aromatic carbocycles. The number of nitrogens with one attached hydrogen (secondary N) is 1. The molecule has 1 amide bonds. The van der Waals surface area contributed by atoms with Crippen LogP contribution in [0.5, 0.6) is 0 Å². The first kappa shape index (κ1) is 15.4. The van der Waals surface area contributed by atoms with Crippen molar-refractivity contribution >= 4 is 17.2 Å². The molecule has 2 heterocycles. The maximum atomic E-state index is 12.5. The summed E-state index contributed by atoms with van der Waals surface area (Å²) in [5, 5.41) is 3.87. The van der Waals surface area contributed by atoms with Crippen LogP contribution in [0, 0.1) is 6.92 Å². The van der Waals surface area contributed by atoms with Crippen molar-refractivity contribution < 1.29 is 4.79 Å². The number of nitrogens with zero attached hydrogens (tertiary/aromatic N) is 2. The maximum Gasteiger partial charge on any atom is 0.263 e. The number of aromatic nitrogens is 2. The number of amides is 1. The molecule has 0 aliphatic rings. The molecule has 3 rings (SSSR count). The van der Waals surface area contributed by atoms with Gasteiger partial charge in [-0.3, -0.25) is 9.78 Å². The van der Waals surface area contributed by atoms with Crippen molar-refractivity contribution in [2.45, 2.75) is 19.9 Å². The lowest BCUT2D eigenvalue weighted by molar-refractivity contribution is 0.0943. The van der Waals surface area contributed by atoms with Gasteiger partial charge in [0.25, 0.3) is 5.91 Å². The summed E-state index contributed by atoms with van der Waals surface area (Å²) in [5.41, 5.74) is 2.76. The van der Waals surface area contributed by atoms with Crippen molar-refractivity contribution in [3.8, 4) is 10.6 Å². The largest absolute Gasteiger partial charge is 0.345 e. The summed E-state index contributed by atoms with van der Waals surface area (Å²) in [6.07, 6.45) is 3.48. The Kier molecular flexibility index (Phi) is 4.48. The van der Waals surface area contributed by atoms with Crippen LogP contribution in [0.4, 0.5) is 0 Å². The van der Waals surface area contributed by atoms with Crippen molar-refractivity contribution in [2.24, 2.45) is 0 Å². The van der Waals surface area contributed by atoms with Crippen LogP contribution in [0.3, 0.4) is 0 Å². The van der Waals surface area contributed by atoms with E-state index in [1.165, 1.54) is 11.3 Å². The number of thiazole rings is 1. The first-order valence-corrected chi connectivity index (χ1v) is 8.20. The molecule has 0 spiro atoms. The average Bonchev–Trinajstić information content (AvgIpc) is 2.98. The minimum atomic E-state index is -0.0992. The van der Waals surface area contributed by atoms with Crippen LogP contribution in [-0.2, 0) is 0 Å². The first-order chi connectivity index (χ1) is 11.1. The fourth-order valence-electron chi connectivity index (χ4n) is 2.29. The smallest absolute Gasteiger partial charge is 0.263 e. The van der Waals surface area contributed by atoms with Gasteiger partial charge in [0.1, 0.15) is 9.88 Å². The molecule has 1 unspecified atom stereocenters. The van der Waals surface area contributed by atoms with Crippen LogP contribution in [-0.4, -0.2) is 15.9 Å². The van der Waals surface area contributed by atoms with Gasteiger partial charge in [-0.25, -0.2) is 4.98 Å². The van der Waals surface area contributed by atoms with E-state index in [0.29, 0.717) is 4.88 Å². The fraction of sp³-hybridized carbons (Fsp3) is 0.167. The van der Waals surface area contributed by atoms with Crippen molar-refractivity contribution in [3.63, 3.8) is 0 Å². The zero-order chi connectivity index (χ0) is 16.2. The third-order valence-electron chi connectivity index (χ3n) is 3.56. The Labute approximate surface area is 139 Å². The van der Waals surface area contributed by atoms with Crippen LogP contribution >= 0.6 is 11.3 Å². The molecule has 5 heteroatoms. The van der Waals surface area contributed by atoms with Crippen LogP contribution < -0.4 is 5.32 Å². The third kappa shape index (κ3) is 3.46. The van der Waals surface area contributed by atoms with Crippen LogP contribution in [0.1, 0.15) is 33.9 Å². The first-order valence-electron chi connectivity index (χ1n) is 7.39. The average molecular weight is 323 g/mol. The second-order valence-electron chi connectivity index (χ2n) is 5.28. The number of hydrogen-bond acceptors (Lipinski definition) is 4. The van der Waals surface area contributed by atoms with Gasteiger partial charge in [0.2, 0.25) is 0 Å². The highest BCUT2D eigenvalue weighted by atomic mass is 32.1. The van der Waals surface area contributed by atoms with Crippen LogP contribution in [0.15, 0.2) is 54.9 Å². The Balaban J connectivity index is 1.79. The van der Waals surface area contributed by atoms with E-state index < -0.39 is 0 Å². The van der Waals surface area contributed by atoms with Crippen LogP contribution in [0.2, 0.25) is 0 Å². The summed E-state index contributed by atoms with van der Waals surface area (Å²) in [4.78, 5) is 21.8. The van der Waals surface area contributed by atoms with Gasteiger partial charge in [-0.05, 0) is 25.5 Å². The van der Waals surface area contributed by atoms with Crippen molar-refractivity contribution in [3.05, 3.63) is 71.0 Å². The lowest BCUT2D eigenvalue weighted by Crippen LogP contribution is -2.26. The topological polar surface area (TPSA) is 54.9 Å². The van der Waals surface area contributed by atoms with Gasteiger partial charge in [0.15, 0.2) is 0 Å². The molecular weight excluding hydrogens is 306 g/mol. The maximum absolute atomic E-state index is 12.5. The number of aryl methyl sites for hydroxylation is 1. The molecule has 0 bridgehead atoms. The Bertz CT molecular complexity index is 800. The minimum absolute atomic E-state index is 0.0986. The van der Waals surface area contributed by atoms with Gasteiger partial charge < -0.3 is 5.32 Å². The van der Waals surface area contributed by atoms with E-state index in [1.54, 1.807) is 12.4 Å². The second kappa shape index (κ2) is 6.71. The number of carbonyl (C=O) groups excluding carboxylic acids is 1. The van der Waals surface area contributed by atoms with E-state index >= 15 is 0 Å². The normalized spacial score (nSPS) is 11.9. The van der Waals surface area contributed by atoms with E-state index in [9.17, 15) is 4.79 Å². The van der Waals surface area contributed by atoms with Gasteiger partial charge in [-0.2, -0.15) is 0 Å². The fourth-order valence-corrected chi connectivity index (χ4v) is 3.26. The van der Waals surface area contributed by atoms with Gasteiger partial charge >= 0.3 is 0 Å². The van der Waals surface area contributed by atoms with Crippen molar-refractivity contribution in [2.75, 3.05) is 0 Å². The summed E-state index contributed by atoms with van der Waals surface area (Å²) in [7, 11) is 0. The highest BCUT2D eigenvalue weighted by Crippen LogP contribution is 2.28. The van der Waals surface area contributed by atoms with E-state index in [0.717, 1.165) is 21.8 Å². The molecule has 3 aromatic rings. The number of pyridine rings is 1. The molecule has 0 aliphatic carbocycles. The molecule has 0 saturated heterocycles. The lowest BCUT2D eigenvalue weighted by atomic mass is 10.1. The van der Waals surface area contributed by atoms with E-state index in [4.69, 9.17) is 0 Å². The third-order valence-corrected chi connectivity index (χ3v) is 4.76. The van der Waals surface area contributed by atoms with Gasteiger partial charge in [-0.1, -0.05) is 36.4 Å². The molecule has 0 radical (unpaired) electrons. The monoisotopic (exact) mass is 323 g/mol. The predicted molar refractivity (Wildman–Crippen MR) is 92.4 cm³/mol. The SMILES string of the molecule is Cc1nc(-c2ccccc2)sc1C(=O)NC(C)c1cccnc1. The number of rotatable bonds is 4. The van der Waals surface area contributed by atoms with Gasteiger partial charge in [0, 0.05) is 18.0 Å². The Hall–Kier alpha value is -2.53. The van der Waals surface area contributed by atoms with Crippen molar-refractivity contribution in [1.29, 1.82) is 0 Å². The lowest BCUT2D eigenvalue weighted by Gasteiger charge is -2.13. The molecule has 116 valence electrons. The second-order valence-corrected chi connectivity index (χ2v) is 6.28. The molecule has 1 atom stereocenters. The quantitative estimate of drug-likeness (QED) is 0.789. The number of benzene rings is 1. The zero-order valence-electron chi connectivity index (χ0n) is 13.0. The van der Waals surface area contributed by atoms with E-state index in [-0.39, 0.29) is 11.9 Å². The highest BCUT2D eigenvalue weighted by Gasteiger charge is 2.18. The Morgan fingerprint density at radius 2 is 1.96 bits per heavy atom. The highest BCUT2D eigenvalue weighted by molar-refractivity contribution is 7.17. The summed E-state index contributed by atoms with van der Waals surface area (Å²) < 4.78 is 0. The van der Waals surface area contributed by atoms with Gasteiger partial charge in [-0.15, -0.1) is 11.3 Å². The molecular formula is C18H17N3OS. The van der Waals surface area contributed by atoms with Crippen LogP contribution in [0.25, 0.3) is 10.6 Å². The number of hydrogen-bond donors (Lipinski definition) is 1. The van der Waals surface area contributed by atoms with Gasteiger partial charge in [0.05, 0.1) is 11.7 Å². The molecule has 2 aromatic heterocycles. The minimum Gasteiger partial charge on any atom is -0.345 e. The predicted octanol–water partition coefficient (Wildman–Crippen LogP) is 4.00. The summed E-state index contributed by atoms with van der Waals surface area (Å²) in [5.74, 6) is -0.0986. The standard InChI is InChI=1S/C18H17N3OS/c1-12(15-9-6-10-19-11-15)20-17(22)16-13(2)21-18(23-16)14-7-4-3-5-8-14/h3-12H,1-2H3,(H,20,22).